The van der Waals surface area contributed by atoms with E-state index in [1.807, 2.05) is 18.2 Å². The van der Waals surface area contributed by atoms with Gasteiger partial charge in [-0.05, 0) is 26.0 Å². The molecule has 0 N–H and O–H groups in total. The van der Waals surface area contributed by atoms with Crippen LogP contribution in [0.15, 0.2) is 24.3 Å². The molecular formula is C11H16NO. The first kappa shape index (κ1) is 9.90. The molecule has 13 heavy (non-hydrogen) atoms. The first-order valence-electron chi connectivity index (χ1n) is 4.58. The van der Waals surface area contributed by atoms with E-state index in [-0.39, 0.29) is 0 Å². The summed E-state index contributed by atoms with van der Waals surface area (Å²) in [5.41, 5.74) is 1.19. The van der Waals surface area contributed by atoms with Crippen molar-refractivity contribution in [3.05, 3.63) is 31.4 Å². The smallest absolute Gasteiger partial charge is 0.122 e. The molecule has 71 valence electrons. The third-order valence-electron chi connectivity index (χ3n) is 2.11. The molecule has 0 fully saturated rings. The van der Waals surface area contributed by atoms with E-state index in [1.165, 1.54) is 5.69 Å². The molecule has 0 spiro atoms. The first-order valence-corrected chi connectivity index (χ1v) is 4.58. The summed E-state index contributed by atoms with van der Waals surface area (Å²) >= 11 is 0. The van der Waals surface area contributed by atoms with Crippen LogP contribution in [-0.4, -0.2) is 13.1 Å². The van der Waals surface area contributed by atoms with Crippen LogP contribution < -0.4 is 9.64 Å². The van der Waals surface area contributed by atoms with Crippen molar-refractivity contribution in [2.75, 3.05) is 18.0 Å². The number of benzene rings is 1. The Morgan fingerprint density at radius 3 is 2.54 bits per heavy atom. The minimum atomic E-state index is 0.810. The fraction of sp³-hybridized carbons (Fsp3) is 0.364. The zero-order chi connectivity index (χ0) is 9.68. The van der Waals surface area contributed by atoms with Crippen LogP contribution in [0.2, 0.25) is 0 Å². The average molecular weight is 178 g/mol. The molecule has 0 saturated carbocycles. The van der Waals surface area contributed by atoms with Gasteiger partial charge in [-0.1, -0.05) is 6.07 Å². The van der Waals surface area contributed by atoms with Gasteiger partial charge in [-0.3, -0.25) is 0 Å². The monoisotopic (exact) mass is 178 g/mol. The van der Waals surface area contributed by atoms with E-state index >= 15 is 0 Å². The maximum absolute atomic E-state index is 4.92. The number of nitrogens with zero attached hydrogens (tertiary/aromatic N) is 1. The average Bonchev–Trinajstić information content (AvgIpc) is 2.20. The van der Waals surface area contributed by atoms with E-state index in [0.29, 0.717) is 0 Å². The molecule has 1 radical (unpaired) electrons. The van der Waals surface area contributed by atoms with Crippen LogP contribution in [0.4, 0.5) is 5.69 Å². The van der Waals surface area contributed by atoms with Crippen LogP contribution in [0.3, 0.4) is 0 Å². The first-order chi connectivity index (χ1) is 6.31. The van der Waals surface area contributed by atoms with Crippen molar-refractivity contribution in [2.45, 2.75) is 13.8 Å². The highest BCUT2D eigenvalue weighted by atomic mass is 16.5. The lowest BCUT2D eigenvalue weighted by Gasteiger charge is -2.21. The van der Waals surface area contributed by atoms with Gasteiger partial charge in [0.25, 0.3) is 0 Å². The van der Waals surface area contributed by atoms with Crippen LogP contribution in [-0.2, 0) is 0 Å². The molecule has 0 atom stereocenters. The van der Waals surface area contributed by atoms with Gasteiger partial charge in [-0.25, -0.2) is 0 Å². The predicted octanol–water partition coefficient (Wildman–Crippen LogP) is 2.70. The van der Waals surface area contributed by atoms with Crippen molar-refractivity contribution >= 4 is 5.69 Å². The highest BCUT2D eigenvalue weighted by Crippen LogP contribution is 2.20. The molecule has 2 heteroatoms. The number of ether oxygens (including phenoxy) is 1. The normalized spacial score (nSPS) is 9.77. The summed E-state index contributed by atoms with van der Waals surface area (Å²) in [6, 6.07) is 7.96. The molecule has 0 amide bonds. The number of hydrogen-bond donors (Lipinski definition) is 0. The molecule has 0 bridgehead atoms. The number of anilines is 1. The van der Waals surface area contributed by atoms with Gasteiger partial charge in [-0.2, -0.15) is 0 Å². The Labute approximate surface area is 80.1 Å². The van der Waals surface area contributed by atoms with Crippen LogP contribution in [0.5, 0.6) is 5.75 Å². The molecule has 0 aliphatic rings. The summed E-state index contributed by atoms with van der Waals surface area (Å²) in [5.74, 6) is 0.810. The molecule has 1 aromatic rings. The van der Waals surface area contributed by atoms with Crippen molar-refractivity contribution in [1.29, 1.82) is 0 Å². The second-order valence-corrected chi connectivity index (χ2v) is 2.81. The van der Waals surface area contributed by atoms with Crippen molar-refractivity contribution in [3.8, 4) is 5.75 Å². The molecular weight excluding hydrogens is 162 g/mol. The molecule has 0 saturated heterocycles. The van der Waals surface area contributed by atoms with Gasteiger partial charge in [0.2, 0.25) is 0 Å². The van der Waals surface area contributed by atoms with Gasteiger partial charge in [0.15, 0.2) is 0 Å². The van der Waals surface area contributed by atoms with E-state index < -0.39 is 0 Å². The Morgan fingerprint density at radius 1 is 1.31 bits per heavy atom. The van der Waals surface area contributed by atoms with Gasteiger partial charge in [0.05, 0.1) is 0 Å². The minimum absolute atomic E-state index is 0.810. The third-order valence-corrected chi connectivity index (χ3v) is 2.11. The molecule has 0 unspecified atom stereocenters. The van der Waals surface area contributed by atoms with Crippen LogP contribution in [0, 0.1) is 7.11 Å². The molecule has 1 aromatic carbocycles. The van der Waals surface area contributed by atoms with Crippen molar-refractivity contribution < 1.29 is 4.74 Å². The Kier molecular flexibility index (Phi) is 3.62. The lowest BCUT2D eigenvalue weighted by molar-refractivity contribution is 0.473. The van der Waals surface area contributed by atoms with E-state index in [0.717, 1.165) is 18.8 Å². The molecule has 0 aromatic heterocycles. The summed E-state index contributed by atoms with van der Waals surface area (Å²) in [6.07, 6.45) is 0. The minimum Gasteiger partial charge on any atom is -0.490 e. The van der Waals surface area contributed by atoms with Gasteiger partial charge < -0.3 is 9.64 Å². The summed E-state index contributed by atoms with van der Waals surface area (Å²) in [6.45, 7) is 6.30. The predicted molar refractivity (Wildman–Crippen MR) is 56.0 cm³/mol. The molecule has 0 aliphatic carbocycles. The van der Waals surface area contributed by atoms with Crippen molar-refractivity contribution in [2.24, 2.45) is 0 Å². The lowest BCUT2D eigenvalue weighted by atomic mass is 10.2. The Hall–Kier alpha value is -1.18. The quantitative estimate of drug-likeness (QED) is 0.703. The Bertz CT molecular complexity index is 256. The topological polar surface area (TPSA) is 12.5 Å². The SMILES string of the molecule is [CH2]Oc1cccc(N(CC)CC)c1. The van der Waals surface area contributed by atoms with Gasteiger partial charge in [-0.15, -0.1) is 0 Å². The summed E-state index contributed by atoms with van der Waals surface area (Å²) < 4.78 is 4.92. The Balaban J connectivity index is 2.86. The molecule has 2 nitrogen and oxygen atoms in total. The number of rotatable bonds is 4. The van der Waals surface area contributed by atoms with E-state index in [2.05, 4.69) is 31.9 Å². The third kappa shape index (κ3) is 2.38. The highest BCUT2D eigenvalue weighted by molar-refractivity contribution is 5.50. The largest absolute Gasteiger partial charge is 0.490 e. The van der Waals surface area contributed by atoms with Crippen LogP contribution >= 0.6 is 0 Å². The summed E-state index contributed by atoms with van der Waals surface area (Å²) in [4.78, 5) is 2.27. The van der Waals surface area contributed by atoms with E-state index in [9.17, 15) is 0 Å². The summed E-state index contributed by atoms with van der Waals surface area (Å²) in [5, 5.41) is 0. The Morgan fingerprint density at radius 2 is 2.00 bits per heavy atom. The summed E-state index contributed by atoms with van der Waals surface area (Å²) in [7, 11) is 3.39. The van der Waals surface area contributed by atoms with Gasteiger partial charge >= 0.3 is 0 Å². The zero-order valence-electron chi connectivity index (χ0n) is 8.29. The molecule has 1 rings (SSSR count). The number of hydrogen-bond acceptors (Lipinski definition) is 2. The second-order valence-electron chi connectivity index (χ2n) is 2.81. The van der Waals surface area contributed by atoms with Gasteiger partial charge in [0.1, 0.15) is 12.9 Å². The van der Waals surface area contributed by atoms with E-state index in [1.54, 1.807) is 0 Å². The van der Waals surface area contributed by atoms with Crippen molar-refractivity contribution in [1.82, 2.24) is 0 Å². The van der Waals surface area contributed by atoms with Crippen LogP contribution in [0.1, 0.15) is 13.8 Å². The standard InChI is InChI=1S/C11H16NO/c1-4-12(5-2)10-7-6-8-11(9-10)13-3/h6-9H,3-5H2,1-2H3. The molecule has 0 aliphatic heterocycles. The van der Waals surface area contributed by atoms with Crippen LogP contribution in [0.25, 0.3) is 0 Å². The highest BCUT2D eigenvalue weighted by Gasteiger charge is 2.01. The zero-order valence-corrected chi connectivity index (χ0v) is 8.29. The second kappa shape index (κ2) is 4.75. The fourth-order valence-electron chi connectivity index (χ4n) is 1.36. The van der Waals surface area contributed by atoms with Gasteiger partial charge in [0, 0.05) is 24.8 Å². The fourth-order valence-corrected chi connectivity index (χ4v) is 1.36. The van der Waals surface area contributed by atoms with Crippen molar-refractivity contribution in [3.63, 3.8) is 0 Å². The maximum atomic E-state index is 4.92. The lowest BCUT2D eigenvalue weighted by Crippen LogP contribution is -2.21. The maximum Gasteiger partial charge on any atom is 0.122 e. The van der Waals surface area contributed by atoms with E-state index in [4.69, 9.17) is 4.74 Å². The molecule has 0 heterocycles.